The van der Waals surface area contributed by atoms with Gasteiger partial charge in [-0.05, 0) is 18.6 Å². The quantitative estimate of drug-likeness (QED) is 0.443. The predicted octanol–water partition coefficient (Wildman–Crippen LogP) is 4.47. The molecule has 0 fully saturated rings. The van der Waals surface area contributed by atoms with Crippen LogP contribution in [0.25, 0.3) is 27.3 Å². The molecule has 0 atom stereocenters. The minimum absolute atomic E-state index is 0.258. The maximum Gasteiger partial charge on any atom is 0.299 e. The summed E-state index contributed by atoms with van der Waals surface area (Å²) in [6, 6.07) is 15.9. The zero-order chi connectivity index (χ0) is 18.6. The average molecular weight is 379 g/mol. The summed E-state index contributed by atoms with van der Waals surface area (Å²) in [7, 11) is 0. The van der Waals surface area contributed by atoms with Crippen molar-refractivity contribution in [2.45, 2.75) is 13.3 Å². The summed E-state index contributed by atoms with van der Waals surface area (Å²) in [6.07, 6.45) is 0.936. The van der Waals surface area contributed by atoms with E-state index in [1.165, 1.54) is 11.3 Å². The van der Waals surface area contributed by atoms with E-state index >= 15 is 0 Å². The summed E-state index contributed by atoms with van der Waals surface area (Å²) in [5, 5.41) is 8.08. The molecule has 7 heteroatoms. The van der Waals surface area contributed by atoms with Gasteiger partial charge in [0.05, 0.1) is 17.5 Å². The summed E-state index contributed by atoms with van der Waals surface area (Å²) < 4.78 is 12.4. The molecule has 4 aromatic rings. The molecule has 6 nitrogen and oxygen atoms in total. The fourth-order valence-electron chi connectivity index (χ4n) is 2.81. The smallest absolute Gasteiger partial charge is 0.299 e. The van der Waals surface area contributed by atoms with Crippen molar-refractivity contribution in [1.29, 1.82) is 0 Å². The van der Waals surface area contributed by atoms with Crippen LogP contribution in [-0.2, 0) is 4.79 Å². The molecule has 0 unspecified atom stereocenters. The lowest BCUT2D eigenvalue weighted by Crippen LogP contribution is -1.98. The highest BCUT2D eigenvalue weighted by Crippen LogP contribution is 2.33. The average Bonchev–Trinajstić information content (AvgIpc) is 3.31. The van der Waals surface area contributed by atoms with Gasteiger partial charge in [-0.15, -0.1) is 0 Å². The normalized spacial score (nSPS) is 10.9. The molecule has 0 bridgehead atoms. The number of carbonyl (C=O) groups excluding carboxylic acids is 1. The Hall–Kier alpha value is -3.19. The third-order valence-electron chi connectivity index (χ3n) is 3.99. The molecule has 0 spiro atoms. The van der Waals surface area contributed by atoms with Gasteiger partial charge in [0.15, 0.2) is 0 Å². The van der Waals surface area contributed by atoms with E-state index in [-0.39, 0.29) is 5.88 Å². The molecule has 0 aliphatic rings. The van der Waals surface area contributed by atoms with Crippen molar-refractivity contribution in [2.24, 2.45) is 0 Å². The summed E-state index contributed by atoms with van der Waals surface area (Å²) in [5.41, 5.74) is 2.76. The standard InChI is InChI=1S/C20H17N3O3S/c1-2-10-25-15-8-9-16-17(11-15)23(20-21-18(12-27-20)26-13-24)22-19(16)14-6-4-3-5-7-14/h3-9,11-13H,2,10H2,1H3. The fraction of sp³-hybridized carbons (Fsp3) is 0.150. The number of aromatic nitrogens is 3. The van der Waals surface area contributed by atoms with Crippen molar-refractivity contribution >= 4 is 28.7 Å². The first-order valence-corrected chi connectivity index (χ1v) is 9.45. The molecule has 27 heavy (non-hydrogen) atoms. The summed E-state index contributed by atoms with van der Waals surface area (Å²) >= 11 is 1.35. The van der Waals surface area contributed by atoms with E-state index in [4.69, 9.17) is 14.6 Å². The van der Waals surface area contributed by atoms with Crippen LogP contribution in [0.5, 0.6) is 11.6 Å². The third kappa shape index (κ3) is 3.41. The van der Waals surface area contributed by atoms with Gasteiger partial charge in [0.1, 0.15) is 11.4 Å². The lowest BCUT2D eigenvalue weighted by atomic mass is 10.1. The number of carbonyl (C=O) groups is 1. The van der Waals surface area contributed by atoms with Crippen molar-refractivity contribution in [3.05, 3.63) is 53.9 Å². The maximum absolute atomic E-state index is 10.6. The van der Waals surface area contributed by atoms with Gasteiger partial charge in [-0.3, -0.25) is 4.79 Å². The fourth-order valence-corrected chi connectivity index (χ4v) is 3.51. The van der Waals surface area contributed by atoms with Crippen molar-refractivity contribution in [3.63, 3.8) is 0 Å². The molecule has 0 saturated carbocycles. The zero-order valence-corrected chi connectivity index (χ0v) is 15.5. The lowest BCUT2D eigenvalue weighted by molar-refractivity contribution is -0.120. The molecule has 4 rings (SSSR count). The second-order valence-corrected chi connectivity index (χ2v) is 6.67. The van der Waals surface area contributed by atoms with Gasteiger partial charge in [-0.1, -0.05) is 48.6 Å². The van der Waals surface area contributed by atoms with Crippen LogP contribution in [0.15, 0.2) is 53.9 Å². The van der Waals surface area contributed by atoms with E-state index in [1.54, 1.807) is 10.1 Å². The predicted molar refractivity (Wildman–Crippen MR) is 105 cm³/mol. The van der Waals surface area contributed by atoms with E-state index in [9.17, 15) is 4.79 Å². The first kappa shape index (κ1) is 17.2. The van der Waals surface area contributed by atoms with Crippen LogP contribution in [-0.4, -0.2) is 27.8 Å². The minimum Gasteiger partial charge on any atom is -0.494 e. The molecule has 2 aromatic heterocycles. The molecule has 0 aliphatic heterocycles. The van der Waals surface area contributed by atoms with Gasteiger partial charge in [0.2, 0.25) is 11.0 Å². The molecular formula is C20H17N3O3S. The first-order chi connectivity index (χ1) is 13.3. The van der Waals surface area contributed by atoms with Gasteiger partial charge < -0.3 is 9.47 Å². The maximum atomic E-state index is 10.6. The number of nitrogens with zero attached hydrogens (tertiary/aromatic N) is 3. The van der Waals surface area contributed by atoms with Crippen LogP contribution in [0.2, 0.25) is 0 Å². The molecule has 0 radical (unpaired) electrons. The molecular weight excluding hydrogens is 362 g/mol. The lowest BCUT2D eigenvalue weighted by Gasteiger charge is -2.05. The van der Waals surface area contributed by atoms with E-state index in [0.29, 0.717) is 18.2 Å². The third-order valence-corrected chi connectivity index (χ3v) is 4.79. The molecule has 0 saturated heterocycles. The molecule has 0 N–H and O–H groups in total. The van der Waals surface area contributed by atoms with Crippen LogP contribution in [0.1, 0.15) is 13.3 Å². The Labute approximate surface area is 160 Å². The van der Waals surface area contributed by atoms with Crippen LogP contribution in [0.3, 0.4) is 0 Å². The number of benzene rings is 2. The Kier molecular flexibility index (Phi) is 4.84. The van der Waals surface area contributed by atoms with Crippen molar-refractivity contribution in [3.8, 4) is 28.0 Å². The molecule has 2 aromatic carbocycles. The number of hydrogen-bond donors (Lipinski definition) is 0. The van der Waals surface area contributed by atoms with Gasteiger partial charge in [-0.2, -0.15) is 10.1 Å². The molecule has 136 valence electrons. The second kappa shape index (κ2) is 7.59. The van der Waals surface area contributed by atoms with E-state index in [1.807, 2.05) is 48.5 Å². The Morgan fingerprint density at radius 3 is 2.81 bits per heavy atom. The SMILES string of the molecule is CCCOc1ccc2c(-c3ccccc3)nn(-c3nc(OC=O)cs3)c2c1. The van der Waals surface area contributed by atoms with E-state index < -0.39 is 0 Å². The minimum atomic E-state index is 0.258. The van der Waals surface area contributed by atoms with Crippen LogP contribution < -0.4 is 9.47 Å². The number of rotatable bonds is 7. The van der Waals surface area contributed by atoms with Crippen LogP contribution >= 0.6 is 11.3 Å². The van der Waals surface area contributed by atoms with Crippen LogP contribution in [0.4, 0.5) is 0 Å². The topological polar surface area (TPSA) is 66.2 Å². The van der Waals surface area contributed by atoms with Gasteiger partial charge >= 0.3 is 0 Å². The number of ether oxygens (including phenoxy) is 2. The Balaban J connectivity index is 1.88. The van der Waals surface area contributed by atoms with E-state index in [2.05, 4.69) is 11.9 Å². The highest BCUT2D eigenvalue weighted by atomic mass is 32.1. The zero-order valence-electron chi connectivity index (χ0n) is 14.7. The highest BCUT2D eigenvalue weighted by molar-refractivity contribution is 7.12. The number of thiazole rings is 1. The van der Waals surface area contributed by atoms with E-state index in [0.717, 1.165) is 34.3 Å². The Morgan fingerprint density at radius 1 is 1.19 bits per heavy atom. The van der Waals surface area contributed by atoms with Crippen molar-refractivity contribution in [2.75, 3.05) is 6.61 Å². The molecule has 2 heterocycles. The summed E-state index contributed by atoms with van der Waals surface area (Å²) in [6.45, 7) is 3.09. The molecule has 0 amide bonds. The van der Waals surface area contributed by atoms with Gasteiger partial charge in [0.25, 0.3) is 6.47 Å². The van der Waals surface area contributed by atoms with Gasteiger partial charge in [-0.25, -0.2) is 4.68 Å². The Morgan fingerprint density at radius 2 is 2.04 bits per heavy atom. The highest BCUT2D eigenvalue weighted by Gasteiger charge is 2.17. The summed E-state index contributed by atoms with van der Waals surface area (Å²) in [4.78, 5) is 14.9. The number of fused-ring (bicyclic) bond motifs is 1. The molecule has 0 aliphatic carbocycles. The van der Waals surface area contributed by atoms with Crippen LogP contribution in [0, 0.1) is 0 Å². The largest absolute Gasteiger partial charge is 0.494 e. The van der Waals surface area contributed by atoms with Gasteiger partial charge in [0, 0.05) is 17.0 Å². The first-order valence-electron chi connectivity index (χ1n) is 8.57. The van der Waals surface area contributed by atoms with Crippen molar-refractivity contribution in [1.82, 2.24) is 14.8 Å². The monoisotopic (exact) mass is 379 g/mol. The summed E-state index contributed by atoms with van der Waals surface area (Å²) in [5.74, 6) is 1.04. The van der Waals surface area contributed by atoms with Crippen molar-refractivity contribution < 1.29 is 14.3 Å². The Bertz CT molecular complexity index is 1070. The number of hydrogen-bond acceptors (Lipinski definition) is 6. The second-order valence-electron chi connectivity index (χ2n) is 5.84.